The van der Waals surface area contributed by atoms with Gasteiger partial charge in [0.15, 0.2) is 5.82 Å². The van der Waals surface area contributed by atoms with Crippen molar-refractivity contribution in [2.75, 3.05) is 13.7 Å². The maximum absolute atomic E-state index is 5.31. The number of hydrogen-bond donors (Lipinski definition) is 0. The summed E-state index contributed by atoms with van der Waals surface area (Å²) in [5, 5.41) is 4.07. The average molecular weight is 287 g/mol. The number of rotatable bonds is 4. The predicted molar refractivity (Wildman–Crippen MR) is 79.2 cm³/mol. The molecule has 0 fully saturated rings. The number of ether oxygens (including phenoxy) is 1. The quantitative estimate of drug-likeness (QED) is 0.865. The van der Waals surface area contributed by atoms with Crippen molar-refractivity contribution in [2.24, 2.45) is 0 Å². The van der Waals surface area contributed by atoms with Crippen molar-refractivity contribution >= 4 is 0 Å². The zero-order valence-corrected chi connectivity index (χ0v) is 12.8. The number of nitrogens with zero attached hydrogens (tertiary/aromatic N) is 3. The molecule has 5 nitrogen and oxygen atoms in total. The Bertz CT molecular complexity index is 622. The van der Waals surface area contributed by atoms with E-state index in [-0.39, 0.29) is 5.92 Å². The molecule has 0 unspecified atom stereocenters. The van der Waals surface area contributed by atoms with Gasteiger partial charge in [-0.25, -0.2) is 0 Å². The maximum Gasteiger partial charge on any atom is 0.229 e. The standard InChI is InChI=1S/C16H21N3O2/c1-11(2)16-17-15(18-21-16)10-19-7-6-12-4-5-14(20-3)8-13(12)9-19/h4-5,8,11H,6-7,9-10H2,1-3H3. The minimum Gasteiger partial charge on any atom is -0.497 e. The van der Waals surface area contributed by atoms with Gasteiger partial charge in [0.25, 0.3) is 0 Å². The first-order valence-electron chi connectivity index (χ1n) is 7.36. The number of benzene rings is 1. The summed E-state index contributed by atoms with van der Waals surface area (Å²) < 4.78 is 10.6. The largest absolute Gasteiger partial charge is 0.497 e. The highest BCUT2D eigenvalue weighted by molar-refractivity contribution is 5.37. The molecule has 2 heterocycles. The first kappa shape index (κ1) is 14.1. The second-order valence-corrected chi connectivity index (χ2v) is 5.80. The predicted octanol–water partition coefficient (Wildman–Crippen LogP) is 2.76. The molecule has 0 aliphatic carbocycles. The molecular weight excluding hydrogens is 266 g/mol. The van der Waals surface area contributed by atoms with Crippen LogP contribution in [0.5, 0.6) is 5.75 Å². The minimum atomic E-state index is 0.276. The van der Waals surface area contributed by atoms with Crippen LogP contribution in [-0.4, -0.2) is 28.7 Å². The van der Waals surface area contributed by atoms with Crippen molar-refractivity contribution in [2.45, 2.75) is 39.3 Å². The molecule has 112 valence electrons. The van der Waals surface area contributed by atoms with E-state index in [0.717, 1.165) is 37.6 Å². The molecule has 2 aromatic rings. The number of aromatic nitrogens is 2. The van der Waals surface area contributed by atoms with Crippen LogP contribution in [0.15, 0.2) is 22.7 Å². The molecule has 1 aromatic heterocycles. The Morgan fingerprint density at radius 2 is 2.19 bits per heavy atom. The number of hydrogen-bond acceptors (Lipinski definition) is 5. The lowest BCUT2D eigenvalue weighted by molar-refractivity contribution is 0.234. The van der Waals surface area contributed by atoms with Crippen molar-refractivity contribution in [3.63, 3.8) is 0 Å². The SMILES string of the molecule is COc1ccc2c(c1)CN(Cc1noc(C(C)C)n1)CC2. The van der Waals surface area contributed by atoms with Gasteiger partial charge in [-0.15, -0.1) is 0 Å². The van der Waals surface area contributed by atoms with Gasteiger partial charge >= 0.3 is 0 Å². The van der Waals surface area contributed by atoms with Crippen LogP contribution in [0, 0.1) is 0 Å². The Labute approximate surface area is 124 Å². The number of methoxy groups -OCH3 is 1. The molecule has 0 atom stereocenters. The van der Waals surface area contributed by atoms with E-state index in [1.807, 2.05) is 6.07 Å². The third-order valence-corrected chi connectivity index (χ3v) is 3.85. The molecule has 0 spiro atoms. The first-order valence-corrected chi connectivity index (χ1v) is 7.36. The summed E-state index contributed by atoms with van der Waals surface area (Å²) in [5.41, 5.74) is 2.73. The molecule has 0 N–H and O–H groups in total. The first-order chi connectivity index (χ1) is 10.2. The summed E-state index contributed by atoms with van der Waals surface area (Å²) in [6, 6.07) is 6.32. The van der Waals surface area contributed by atoms with Crippen LogP contribution >= 0.6 is 0 Å². The highest BCUT2D eigenvalue weighted by Crippen LogP contribution is 2.24. The lowest BCUT2D eigenvalue weighted by atomic mass is 9.99. The van der Waals surface area contributed by atoms with E-state index >= 15 is 0 Å². The fourth-order valence-corrected chi connectivity index (χ4v) is 2.62. The van der Waals surface area contributed by atoms with E-state index in [2.05, 4.69) is 41.0 Å². The highest BCUT2D eigenvalue weighted by Gasteiger charge is 2.19. The second-order valence-electron chi connectivity index (χ2n) is 5.80. The third kappa shape index (κ3) is 3.08. The third-order valence-electron chi connectivity index (χ3n) is 3.85. The van der Waals surface area contributed by atoms with Crippen molar-refractivity contribution in [1.82, 2.24) is 15.0 Å². The van der Waals surface area contributed by atoms with Crippen LogP contribution in [0.1, 0.15) is 42.6 Å². The maximum atomic E-state index is 5.31. The van der Waals surface area contributed by atoms with Crippen LogP contribution in [0.3, 0.4) is 0 Å². The van der Waals surface area contributed by atoms with Crippen molar-refractivity contribution in [3.8, 4) is 5.75 Å². The van der Waals surface area contributed by atoms with Crippen LogP contribution in [0.25, 0.3) is 0 Å². The monoisotopic (exact) mass is 287 g/mol. The fourth-order valence-electron chi connectivity index (χ4n) is 2.62. The molecule has 0 amide bonds. The fraction of sp³-hybridized carbons (Fsp3) is 0.500. The van der Waals surface area contributed by atoms with E-state index in [4.69, 9.17) is 9.26 Å². The van der Waals surface area contributed by atoms with E-state index < -0.39 is 0 Å². The van der Waals surface area contributed by atoms with E-state index in [9.17, 15) is 0 Å². The van der Waals surface area contributed by atoms with Crippen LogP contribution in [-0.2, 0) is 19.5 Å². The van der Waals surface area contributed by atoms with Gasteiger partial charge in [-0.1, -0.05) is 25.1 Å². The van der Waals surface area contributed by atoms with Crippen molar-refractivity contribution < 1.29 is 9.26 Å². The van der Waals surface area contributed by atoms with Gasteiger partial charge in [-0.2, -0.15) is 4.98 Å². The van der Waals surface area contributed by atoms with E-state index in [0.29, 0.717) is 5.89 Å². The summed E-state index contributed by atoms with van der Waals surface area (Å²) in [6.07, 6.45) is 1.05. The Hall–Kier alpha value is -1.88. The van der Waals surface area contributed by atoms with Gasteiger partial charge < -0.3 is 9.26 Å². The smallest absolute Gasteiger partial charge is 0.229 e. The van der Waals surface area contributed by atoms with Crippen LogP contribution in [0.4, 0.5) is 0 Å². The molecule has 1 aliphatic rings. The zero-order valence-electron chi connectivity index (χ0n) is 12.8. The average Bonchev–Trinajstić information content (AvgIpc) is 2.95. The van der Waals surface area contributed by atoms with Crippen LogP contribution in [0.2, 0.25) is 0 Å². The molecule has 0 saturated heterocycles. The molecule has 0 bridgehead atoms. The summed E-state index contributed by atoms with van der Waals surface area (Å²) in [4.78, 5) is 6.79. The minimum absolute atomic E-state index is 0.276. The Morgan fingerprint density at radius 1 is 1.33 bits per heavy atom. The highest BCUT2D eigenvalue weighted by atomic mass is 16.5. The summed E-state index contributed by atoms with van der Waals surface area (Å²) in [7, 11) is 1.70. The number of fused-ring (bicyclic) bond motifs is 1. The van der Waals surface area contributed by atoms with E-state index in [1.165, 1.54) is 11.1 Å². The molecule has 0 radical (unpaired) electrons. The van der Waals surface area contributed by atoms with Crippen molar-refractivity contribution in [3.05, 3.63) is 41.0 Å². The molecular formula is C16H21N3O2. The topological polar surface area (TPSA) is 51.4 Å². The Morgan fingerprint density at radius 3 is 2.90 bits per heavy atom. The lowest BCUT2D eigenvalue weighted by Crippen LogP contribution is -2.30. The van der Waals surface area contributed by atoms with Crippen molar-refractivity contribution in [1.29, 1.82) is 0 Å². The van der Waals surface area contributed by atoms with Gasteiger partial charge in [0.2, 0.25) is 5.89 Å². The molecule has 21 heavy (non-hydrogen) atoms. The van der Waals surface area contributed by atoms with Gasteiger partial charge in [0, 0.05) is 19.0 Å². The van der Waals surface area contributed by atoms with Gasteiger partial charge in [-0.05, 0) is 29.7 Å². The summed E-state index contributed by atoms with van der Waals surface area (Å²) in [5.74, 6) is 2.67. The van der Waals surface area contributed by atoms with Gasteiger partial charge in [-0.3, -0.25) is 4.90 Å². The van der Waals surface area contributed by atoms with Gasteiger partial charge in [0.05, 0.1) is 13.7 Å². The van der Waals surface area contributed by atoms with Crippen LogP contribution < -0.4 is 4.74 Å². The molecule has 5 heteroatoms. The second kappa shape index (κ2) is 5.85. The Kier molecular flexibility index (Phi) is 3.92. The van der Waals surface area contributed by atoms with E-state index in [1.54, 1.807) is 7.11 Å². The molecule has 3 rings (SSSR count). The molecule has 0 saturated carbocycles. The summed E-state index contributed by atoms with van der Waals surface area (Å²) in [6.45, 7) is 6.76. The molecule has 1 aliphatic heterocycles. The lowest BCUT2D eigenvalue weighted by Gasteiger charge is -2.27. The normalized spacial score (nSPS) is 15.2. The van der Waals surface area contributed by atoms with Gasteiger partial charge in [0.1, 0.15) is 5.75 Å². The Balaban J connectivity index is 1.70. The summed E-state index contributed by atoms with van der Waals surface area (Å²) >= 11 is 0. The zero-order chi connectivity index (χ0) is 14.8. The molecule has 1 aromatic carbocycles.